The summed E-state index contributed by atoms with van der Waals surface area (Å²) in [4.78, 5) is 19.8. The molecule has 0 atom stereocenters. The molecule has 1 aromatic rings. The van der Waals surface area contributed by atoms with Crippen LogP contribution in [0.4, 0.5) is 5.69 Å². The van der Waals surface area contributed by atoms with Gasteiger partial charge in [-0.3, -0.25) is 0 Å². The number of nitriles is 2. The standard InChI is InChI=1S/C16H14N3O3P/c1-11-6-13(14(9-17)10-18)7-12(2)19(11)15-4-3-5-16(8-15)22-23(20)21/h3-8,20-21H,1-2H3. The first-order valence-corrected chi connectivity index (χ1v) is 7.80. The summed E-state index contributed by atoms with van der Waals surface area (Å²) in [5.41, 5.74) is 3.07. The molecule has 116 valence electrons. The molecule has 7 heteroatoms. The van der Waals surface area contributed by atoms with Crippen molar-refractivity contribution in [3.05, 3.63) is 59.0 Å². The first kappa shape index (κ1) is 16.7. The van der Waals surface area contributed by atoms with E-state index < -0.39 is 8.60 Å². The minimum atomic E-state index is -2.48. The molecule has 6 nitrogen and oxygen atoms in total. The molecule has 2 N–H and O–H groups in total. The van der Waals surface area contributed by atoms with E-state index in [1.54, 1.807) is 30.4 Å². The van der Waals surface area contributed by atoms with E-state index in [4.69, 9.17) is 24.8 Å². The Labute approximate surface area is 135 Å². The molecule has 0 radical (unpaired) electrons. The van der Waals surface area contributed by atoms with E-state index in [-0.39, 0.29) is 5.57 Å². The lowest BCUT2D eigenvalue weighted by molar-refractivity contribution is 0.375. The third-order valence-electron chi connectivity index (χ3n) is 3.21. The second-order valence-corrected chi connectivity index (χ2v) is 5.49. The van der Waals surface area contributed by atoms with E-state index in [1.807, 2.05) is 37.0 Å². The number of hydrogen-bond acceptors (Lipinski definition) is 6. The third kappa shape index (κ3) is 3.77. The van der Waals surface area contributed by atoms with E-state index in [1.165, 1.54) is 0 Å². The Kier molecular flexibility index (Phi) is 5.16. The van der Waals surface area contributed by atoms with Gasteiger partial charge >= 0.3 is 8.60 Å². The minimum Gasteiger partial charge on any atom is -0.427 e. The van der Waals surface area contributed by atoms with Crippen molar-refractivity contribution in [2.24, 2.45) is 0 Å². The largest absolute Gasteiger partial charge is 0.427 e. The fourth-order valence-corrected chi connectivity index (χ4v) is 2.68. The SMILES string of the molecule is CC1=CC(=C(C#N)C#N)C=C(C)N1c1cccc(OP(O)O)c1. The Morgan fingerprint density at radius 2 is 1.74 bits per heavy atom. The van der Waals surface area contributed by atoms with Crippen LogP contribution in [0.2, 0.25) is 0 Å². The zero-order valence-electron chi connectivity index (χ0n) is 12.6. The highest BCUT2D eigenvalue weighted by atomic mass is 31.2. The van der Waals surface area contributed by atoms with Gasteiger partial charge in [0.1, 0.15) is 23.5 Å². The number of anilines is 1. The fourth-order valence-electron chi connectivity index (χ4n) is 2.38. The summed E-state index contributed by atoms with van der Waals surface area (Å²) >= 11 is 0. The molecule has 2 rings (SSSR count). The van der Waals surface area contributed by atoms with Gasteiger partial charge in [-0.05, 0) is 38.1 Å². The maximum absolute atomic E-state index is 8.99. The van der Waals surface area contributed by atoms with Crippen molar-refractivity contribution in [3.63, 3.8) is 0 Å². The fraction of sp³-hybridized carbons (Fsp3) is 0.125. The van der Waals surface area contributed by atoms with E-state index in [0.717, 1.165) is 17.1 Å². The van der Waals surface area contributed by atoms with E-state index in [0.29, 0.717) is 11.3 Å². The van der Waals surface area contributed by atoms with Crippen LogP contribution in [0.15, 0.2) is 59.0 Å². The van der Waals surface area contributed by atoms with Gasteiger partial charge in [0.25, 0.3) is 0 Å². The first-order valence-electron chi connectivity index (χ1n) is 6.63. The van der Waals surface area contributed by atoms with Gasteiger partial charge in [0.05, 0.1) is 0 Å². The number of allylic oxidation sites excluding steroid dienone is 6. The van der Waals surface area contributed by atoms with Crippen molar-refractivity contribution in [3.8, 4) is 17.9 Å². The van der Waals surface area contributed by atoms with Gasteiger partial charge in [-0.25, -0.2) is 0 Å². The van der Waals surface area contributed by atoms with Crippen molar-refractivity contribution < 1.29 is 14.3 Å². The second kappa shape index (κ2) is 7.09. The molecule has 0 aliphatic carbocycles. The third-order valence-corrected chi connectivity index (χ3v) is 3.58. The Hall–Kier alpha value is -2.63. The van der Waals surface area contributed by atoms with Crippen molar-refractivity contribution in [2.75, 3.05) is 4.90 Å². The number of benzene rings is 1. The van der Waals surface area contributed by atoms with Gasteiger partial charge < -0.3 is 19.2 Å². The average Bonchev–Trinajstić information content (AvgIpc) is 2.47. The molecular weight excluding hydrogens is 313 g/mol. The van der Waals surface area contributed by atoms with E-state index in [2.05, 4.69) is 0 Å². The second-order valence-electron chi connectivity index (χ2n) is 4.80. The highest BCUT2D eigenvalue weighted by Gasteiger charge is 2.18. The lowest BCUT2D eigenvalue weighted by Crippen LogP contribution is -2.21. The molecule has 1 aliphatic rings. The monoisotopic (exact) mass is 327 g/mol. The van der Waals surface area contributed by atoms with Crippen LogP contribution in [-0.2, 0) is 0 Å². The summed E-state index contributed by atoms with van der Waals surface area (Å²) in [6.07, 6.45) is 3.51. The zero-order chi connectivity index (χ0) is 17.0. The molecule has 23 heavy (non-hydrogen) atoms. The molecule has 0 unspecified atom stereocenters. The predicted octanol–water partition coefficient (Wildman–Crippen LogP) is 3.25. The van der Waals surface area contributed by atoms with Gasteiger partial charge in [0.2, 0.25) is 0 Å². The van der Waals surface area contributed by atoms with Gasteiger partial charge in [0.15, 0.2) is 0 Å². The van der Waals surface area contributed by atoms with Crippen LogP contribution < -0.4 is 9.42 Å². The number of hydrogen-bond donors (Lipinski definition) is 2. The topological polar surface area (TPSA) is 101 Å². The summed E-state index contributed by atoms with van der Waals surface area (Å²) in [5, 5.41) is 18.0. The molecule has 0 amide bonds. The lowest BCUT2D eigenvalue weighted by Gasteiger charge is -2.30. The van der Waals surface area contributed by atoms with Gasteiger partial charge in [-0.15, -0.1) is 0 Å². The van der Waals surface area contributed by atoms with Crippen molar-refractivity contribution >= 4 is 14.3 Å². The predicted molar refractivity (Wildman–Crippen MR) is 86.7 cm³/mol. The van der Waals surface area contributed by atoms with Gasteiger partial charge in [-0.1, -0.05) is 6.07 Å². The van der Waals surface area contributed by atoms with Crippen LogP contribution in [0.1, 0.15) is 13.8 Å². The van der Waals surface area contributed by atoms with E-state index >= 15 is 0 Å². The molecule has 0 saturated heterocycles. The smallest absolute Gasteiger partial charge is 0.391 e. The molecule has 0 spiro atoms. The quantitative estimate of drug-likeness (QED) is 0.653. The maximum atomic E-state index is 8.99. The first-order chi connectivity index (χ1) is 11.0. The van der Waals surface area contributed by atoms with Crippen LogP contribution >= 0.6 is 8.60 Å². The highest BCUT2D eigenvalue weighted by molar-refractivity contribution is 7.39. The highest BCUT2D eigenvalue weighted by Crippen LogP contribution is 2.35. The van der Waals surface area contributed by atoms with Crippen LogP contribution in [0.5, 0.6) is 5.75 Å². The Morgan fingerprint density at radius 3 is 2.26 bits per heavy atom. The number of rotatable bonds is 3. The summed E-state index contributed by atoms with van der Waals surface area (Å²) in [5.74, 6) is 0.343. The molecule has 0 aromatic heterocycles. The molecule has 1 aliphatic heterocycles. The average molecular weight is 327 g/mol. The molecule has 1 aromatic carbocycles. The lowest BCUT2D eigenvalue weighted by atomic mass is 10.0. The van der Waals surface area contributed by atoms with Crippen LogP contribution in [-0.4, -0.2) is 9.79 Å². The molecular formula is C16H14N3O3P. The van der Waals surface area contributed by atoms with Gasteiger partial charge in [0, 0.05) is 28.7 Å². The Bertz CT molecular complexity index is 760. The Balaban J connectivity index is 2.42. The maximum Gasteiger partial charge on any atom is 0.391 e. The summed E-state index contributed by atoms with van der Waals surface area (Å²) in [6, 6.07) is 10.7. The van der Waals surface area contributed by atoms with Crippen LogP contribution in [0.3, 0.4) is 0 Å². The summed E-state index contributed by atoms with van der Waals surface area (Å²) in [7, 11) is -2.48. The molecule has 0 bridgehead atoms. The molecule has 1 heterocycles. The van der Waals surface area contributed by atoms with Crippen molar-refractivity contribution in [1.29, 1.82) is 10.5 Å². The van der Waals surface area contributed by atoms with Crippen molar-refractivity contribution in [1.82, 2.24) is 0 Å². The normalized spacial score (nSPS) is 13.9. The van der Waals surface area contributed by atoms with Crippen molar-refractivity contribution in [2.45, 2.75) is 13.8 Å². The Morgan fingerprint density at radius 1 is 1.13 bits per heavy atom. The molecule has 0 saturated carbocycles. The van der Waals surface area contributed by atoms with E-state index in [9.17, 15) is 0 Å². The van der Waals surface area contributed by atoms with Crippen LogP contribution in [0, 0.1) is 22.7 Å². The van der Waals surface area contributed by atoms with Gasteiger partial charge in [-0.2, -0.15) is 10.5 Å². The summed E-state index contributed by atoms with van der Waals surface area (Å²) < 4.78 is 4.93. The number of nitrogens with zero attached hydrogens (tertiary/aromatic N) is 3. The summed E-state index contributed by atoms with van der Waals surface area (Å²) in [6.45, 7) is 3.72. The minimum absolute atomic E-state index is 0.0617. The zero-order valence-corrected chi connectivity index (χ0v) is 13.5. The molecule has 0 fully saturated rings. The van der Waals surface area contributed by atoms with Crippen LogP contribution in [0.25, 0.3) is 0 Å².